The summed E-state index contributed by atoms with van der Waals surface area (Å²) in [5.74, 6) is 0.748. The molecular formula is C24H29FN2O2. The van der Waals surface area contributed by atoms with Crippen LogP contribution in [-0.2, 0) is 4.79 Å². The zero-order valence-electron chi connectivity index (χ0n) is 17.2. The van der Waals surface area contributed by atoms with Gasteiger partial charge in [-0.2, -0.15) is 0 Å². The van der Waals surface area contributed by atoms with Gasteiger partial charge in [-0.25, -0.2) is 0 Å². The molecular weight excluding hydrogens is 367 g/mol. The van der Waals surface area contributed by atoms with E-state index in [4.69, 9.17) is 4.74 Å². The second-order valence-corrected chi connectivity index (χ2v) is 7.40. The summed E-state index contributed by atoms with van der Waals surface area (Å²) in [4.78, 5) is 16.8. The van der Waals surface area contributed by atoms with E-state index in [0.29, 0.717) is 18.8 Å². The van der Waals surface area contributed by atoms with Crippen LogP contribution in [0.25, 0.3) is 6.08 Å². The number of aryl methyl sites for hydroxylation is 2. The molecule has 1 amide bonds. The number of nitrogens with zero attached hydrogens (tertiary/aromatic N) is 2. The van der Waals surface area contributed by atoms with E-state index in [1.54, 1.807) is 6.08 Å². The van der Waals surface area contributed by atoms with Crippen LogP contribution < -0.4 is 9.64 Å². The van der Waals surface area contributed by atoms with Gasteiger partial charge < -0.3 is 14.5 Å². The predicted molar refractivity (Wildman–Crippen MR) is 116 cm³/mol. The lowest BCUT2D eigenvalue weighted by atomic mass is 10.1. The van der Waals surface area contributed by atoms with Crippen LogP contribution in [0.2, 0.25) is 0 Å². The van der Waals surface area contributed by atoms with Crippen LogP contribution in [0, 0.1) is 13.8 Å². The number of rotatable bonds is 7. The Kier molecular flexibility index (Phi) is 7.28. The van der Waals surface area contributed by atoms with Gasteiger partial charge in [0, 0.05) is 44.4 Å². The van der Waals surface area contributed by atoms with Crippen LogP contribution in [0.1, 0.15) is 23.1 Å². The Labute approximate surface area is 172 Å². The fraction of sp³-hybridized carbons (Fsp3) is 0.375. The van der Waals surface area contributed by atoms with E-state index in [0.717, 1.165) is 31.7 Å². The first-order valence-electron chi connectivity index (χ1n) is 10.1. The average Bonchev–Trinajstić information content (AvgIpc) is 2.73. The van der Waals surface area contributed by atoms with Gasteiger partial charge in [-0.3, -0.25) is 9.18 Å². The van der Waals surface area contributed by atoms with Gasteiger partial charge in [-0.15, -0.1) is 0 Å². The van der Waals surface area contributed by atoms with Gasteiger partial charge in [-0.05, 0) is 49.2 Å². The molecule has 0 saturated carbocycles. The second-order valence-electron chi connectivity index (χ2n) is 7.40. The zero-order valence-corrected chi connectivity index (χ0v) is 17.2. The minimum Gasteiger partial charge on any atom is -0.493 e. The third kappa shape index (κ3) is 5.83. The lowest BCUT2D eigenvalue weighted by Crippen LogP contribution is -2.48. The maximum atomic E-state index is 12.5. The molecule has 1 heterocycles. The molecule has 1 aliphatic rings. The number of benzene rings is 2. The van der Waals surface area contributed by atoms with Gasteiger partial charge in [0.15, 0.2) is 0 Å². The van der Waals surface area contributed by atoms with Crippen molar-refractivity contribution in [1.29, 1.82) is 0 Å². The Hall–Kier alpha value is -2.82. The maximum absolute atomic E-state index is 12.5. The van der Waals surface area contributed by atoms with Crippen molar-refractivity contribution < 1.29 is 13.9 Å². The van der Waals surface area contributed by atoms with Crippen molar-refractivity contribution in [3.8, 4) is 5.75 Å². The Morgan fingerprint density at radius 3 is 2.45 bits per heavy atom. The summed E-state index contributed by atoms with van der Waals surface area (Å²) in [6.45, 7) is 7.37. The van der Waals surface area contributed by atoms with Crippen molar-refractivity contribution in [3.63, 3.8) is 0 Å². The SMILES string of the molecule is Cc1ccc(N2CCN(C(=O)/C=C/c3ccc(OCCCF)cc3)CC2)c(C)c1. The summed E-state index contributed by atoms with van der Waals surface area (Å²) in [6.07, 6.45) is 3.85. The molecule has 4 nitrogen and oxygen atoms in total. The highest BCUT2D eigenvalue weighted by Gasteiger charge is 2.20. The number of hydrogen-bond donors (Lipinski definition) is 0. The molecule has 3 rings (SSSR count). The molecule has 0 N–H and O–H groups in total. The van der Waals surface area contributed by atoms with Crippen molar-refractivity contribution in [2.75, 3.05) is 44.4 Å². The van der Waals surface area contributed by atoms with Gasteiger partial charge in [-0.1, -0.05) is 29.8 Å². The van der Waals surface area contributed by atoms with Crippen molar-refractivity contribution in [1.82, 2.24) is 4.90 Å². The van der Waals surface area contributed by atoms with E-state index < -0.39 is 0 Å². The van der Waals surface area contributed by atoms with E-state index in [2.05, 4.69) is 36.9 Å². The van der Waals surface area contributed by atoms with Crippen LogP contribution in [0.15, 0.2) is 48.5 Å². The second kappa shape index (κ2) is 10.1. The predicted octanol–water partition coefficient (Wildman–Crippen LogP) is 4.40. The van der Waals surface area contributed by atoms with Gasteiger partial charge in [0.05, 0.1) is 13.3 Å². The van der Waals surface area contributed by atoms with Gasteiger partial charge in [0.1, 0.15) is 5.75 Å². The van der Waals surface area contributed by atoms with E-state index in [9.17, 15) is 9.18 Å². The molecule has 0 spiro atoms. The highest BCUT2D eigenvalue weighted by atomic mass is 19.1. The normalized spacial score (nSPS) is 14.4. The maximum Gasteiger partial charge on any atom is 0.246 e. The van der Waals surface area contributed by atoms with E-state index in [1.807, 2.05) is 35.2 Å². The summed E-state index contributed by atoms with van der Waals surface area (Å²) >= 11 is 0. The number of alkyl halides is 1. The number of carbonyl (C=O) groups excluding carboxylic acids is 1. The average molecular weight is 397 g/mol. The van der Waals surface area contributed by atoms with Crippen LogP contribution >= 0.6 is 0 Å². The standard InChI is InChI=1S/C24H29FN2O2/c1-19-4-10-23(20(2)18-19)26-13-15-27(16-14-26)24(28)11-7-21-5-8-22(9-6-21)29-17-3-12-25/h4-11,18H,3,12-17H2,1-2H3/b11-7+. The molecule has 0 aliphatic carbocycles. The fourth-order valence-electron chi connectivity index (χ4n) is 3.52. The highest BCUT2D eigenvalue weighted by molar-refractivity contribution is 5.92. The van der Waals surface area contributed by atoms with Gasteiger partial charge in [0.2, 0.25) is 5.91 Å². The first-order chi connectivity index (χ1) is 14.1. The Morgan fingerprint density at radius 2 is 1.79 bits per heavy atom. The minimum absolute atomic E-state index is 0.0357. The largest absolute Gasteiger partial charge is 0.493 e. The topological polar surface area (TPSA) is 32.8 Å². The lowest BCUT2D eigenvalue weighted by molar-refractivity contribution is -0.126. The van der Waals surface area contributed by atoms with Gasteiger partial charge >= 0.3 is 0 Å². The number of hydrogen-bond acceptors (Lipinski definition) is 3. The number of ether oxygens (including phenoxy) is 1. The van der Waals surface area contributed by atoms with Crippen molar-refractivity contribution in [2.45, 2.75) is 20.3 Å². The quantitative estimate of drug-likeness (QED) is 0.514. The summed E-state index contributed by atoms with van der Waals surface area (Å²) in [5.41, 5.74) is 4.74. The number of piperazine rings is 1. The first kappa shape index (κ1) is 20.9. The van der Waals surface area contributed by atoms with Crippen molar-refractivity contribution in [3.05, 3.63) is 65.2 Å². The summed E-state index contributed by atoms with van der Waals surface area (Å²) in [7, 11) is 0. The molecule has 1 aliphatic heterocycles. The molecule has 29 heavy (non-hydrogen) atoms. The molecule has 1 fully saturated rings. The molecule has 154 valence electrons. The molecule has 2 aromatic rings. The van der Waals surface area contributed by atoms with Crippen LogP contribution in [0.3, 0.4) is 0 Å². The third-order valence-corrected chi connectivity index (χ3v) is 5.13. The Balaban J connectivity index is 1.50. The van der Waals surface area contributed by atoms with Crippen LogP contribution in [0.5, 0.6) is 5.75 Å². The summed E-state index contributed by atoms with van der Waals surface area (Å²) in [5, 5.41) is 0. The molecule has 5 heteroatoms. The molecule has 0 radical (unpaired) electrons. The smallest absolute Gasteiger partial charge is 0.246 e. The van der Waals surface area contributed by atoms with Crippen molar-refractivity contribution >= 4 is 17.7 Å². The summed E-state index contributed by atoms with van der Waals surface area (Å²) in [6, 6.07) is 14.0. The minimum atomic E-state index is -0.373. The number of anilines is 1. The van der Waals surface area contributed by atoms with E-state index in [1.165, 1.54) is 16.8 Å². The summed E-state index contributed by atoms with van der Waals surface area (Å²) < 4.78 is 17.5. The third-order valence-electron chi connectivity index (χ3n) is 5.13. The highest BCUT2D eigenvalue weighted by Crippen LogP contribution is 2.22. The molecule has 0 aromatic heterocycles. The zero-order chi connectivity index (χ0) is 20.6. The Bertz CT molecular complexity index is 840. The first-order valence-corrected chi connectivity index (χ1v) is 10.1. The molecule has 1 saturated heterocycles. The van der Waals surface area contributed by atoms with Gasteiger partial charge in [0.25, 0.3) is 0 Å². The monoisotopic (exact) mass is 396 g/mol. The van der Waals surface area contributed by atoms with Crippen LogP contribution in [-0.4, -0.2) is 50.3 Å². The Morgan fingerprint density at radius 1 is 1.07 bits per heavy atom. The molecule has 2 aromatic carbocycles. The number of halogens is 1. The fourth-order valence-corrected chi connectivity index (χ4v) is 3.52. The van der Waals surface area contributed by atoms with E-state index >= 15 is 0 Å². The van der Waals surface area contributed by atoms with Crippen LogP contribution in [0.4, 0.5) is 10.1 Å². The molecule has 0 bridgehead atoms. The molecule has 0 atom stereocenters. The number of amides is 1. The van der Waals surface area contributed by atoms with E-state index in [-0.39, 0.29) is 12.6 Å². The lowest BCUT2D eigenvalue weighted by Gasteiger charge is -2.36. The van der Waals surface area contributed by atoms with Crippen molar-refractivity contribution in [2.24, 2.45) is 0 Å². The number of carbonyl (C=O) groups is 1. The molecule has 0 unspecified atom stereocenters.